The van der Waals surface area contributed by atoms with Gasteiger partial charge in [0.05, 0.1) is 134 Å². The fourth-order valence-electron chi connectivity index (χ4n) is 6.93. The second-order valence-corrected chi connectivity index (χ2v) is 20.6. The first-order valence-electron chi connectivity index (χ1n) is 27.3. The molecule has 0 aromatic rings. The molecule has 490 valence electrons. The highest BCUT2D eigenvalue weighted by Crippen LogP contribution is 2.16. The largest absolute Gasteiger partial charge is 1.00 e. The number of esters is 2. The van der Waals surface area contributed by atoms with E-state index in [0.717, 1.165) is 26.2 Å². The zero-order valence-electron chi connectivity index (χ0n) is 51.2. The number of nitrogens with zero attached hydrogens (tertiary/aromatic N) is 5. The SMILES string of the molecule is C.CCOC(=O)CC(CCO)CCO.CCOC(=O)CC(CCOC)CCOC(=O)NCC[N+](C)(C)CCNC(C)=O.COCCC(CCOC(=O)NCC[N+](C)(C)CCNC(C)=O)CC(=O)O.C[N+](C)(CCN=C=O)CCN=C=O.[Br-].[Br-]. The number of aliphatic imine (C=N–C) groups is 2. The summed E-state index contributed by atoms with van der Waals surface area (Å²) in [6.45, 7) is 16.2. The van der Waals surface area contributed by atoms with E-state index in [1.807, 2.05) is 42.3 Å². The number of carbonyl (C=O) groups is 7. The lowest BCUT2D eigenvalue weighted by Gasteiger charge is -2.29. The van der Waals surface area contributed by atoms with Crippen molar-refractivity contribution in [2.24, 2.45) is 27.7 Å². The van der Waals surface area contributed by atoms with Crippen molar-refractivity contribution in [1.82, 2.24) is 21.3 Å². The highest BCUT2D eigenvalue weighted by Gasteiger charge is 2.20. The summed E-state index contributed by atoms with van der Waals surface area (Å²) in [7, 11) is 15.2. The number of carbonyl (C=O) groups excluding carboxylic acids is 8. The Hall–Kier alpha value is -4.67. The number of likely N-dealkylation sites (N-methyl/N-ethyl adjacent to an activating group) is 3. The van der Waals surface area contributed by atoms with Crippen LogP contribution in [0, 0.1) is 17.8 Å². The van der Waals surface area contributed by atoms with E-state index >= 15 is 0 Å². The van der Waals surface area contributed by atoms with Crippen LogP contribution in [0.1, 0.15) is 92.9 Å². The predicted molar refractivity (Wildman–Crippen MR) is 305 cm³/mol. The summed E-state index contributed by atoms with van der Waals surface area (Å²) in [5.74, 6) is -1.46. The van der Waals surface area contributed by atoms with Crippen molar-refractivity contribution in [2.75, 3.05) is 188 Å². The first-order chi connectivity index (χ1) is 37.7. The van der Waals surface area contributed by atoms with E-state index in [9.17, 15) is 43.2 Å². The minimum Gasteiger partial charge on any atom is -1.00 e. The number of carboxylic acid groups (broad SMARTS) is 1. The van der Waals surface area contributed by atoms with Gasteiger partial charge >= 0.3 is 30.1 Å². The van der Waals surface area contributed by atoms with Gasteiger partial charge in [-0.2, -0.15) is 9.98 Å². The molecule has 0 aliphatic carbocycles. The molecule has 0 aliphatic rings. The van der Waals surface area contributed by atoms with Gasteiger partial charge in [-0.05, 0) is 70.1 Å². The molecule has 0 heterocycles. The van der Waals surface area contributed by atoms with Gasteiger partial charge in [0.25, 0.3) is 0 Å². The molecule has 2 atom stereocenters. The molecule has 0 bridgehead atoms. The van der Waals surface area contributed by atoms with Crippen LogP contribution in [0.5, 0.6) is 0 Å². The molecule has 0 aromatic heterocycles. The molecule has 83 heavy (non-hydrogen) atoms. The molecule has 0 spiro atoms. The Bertz CT molecular complexity index is 1750. The predicted octanol–water partition coefficient (Wildman–Crippen LogP) is -3.94. The monoisotopic (exact) mass is 1330 g/mol. The second-order valence-electron chi connectivity index (χ2n) is 20.6. The zero-order chi connectivity index (χ0) is 61.7. The molecule has 0 saturated heterocycles. The molecule has 7 N–H and O–H groups in total. The average molecular weight is 1330 g/mol. The number of aliphatic carboxylic acids is 1. The van der Waals surface area contributed by atoms with Crippen molar-refractivity contribution in [3.05, 3.63) is 0 Å². The number of quaternary nitrogens is 3. The Morgan fingerprint density at radius 1 is 0.482 bits per heavy atom. The summed E-state index contributed by atoms with van der Waals surface area (Å²) in [5, 5.41) is 37.2. The van der Waals surface area contributed by atoms with Crippen LogP contribution in [0.25, 0.3) is 0 Å². The molecule has 0 aliphatic heterocycles. The Morgan fingerprint density at radius 2 is 0.783 bits per heavy atom. The van der Waals surface area contributed by atoms with Crippen molar-refractivity contribution in [3.8, 4) is 0 Å². The van der Waals surface area contributed by atoms with Crippen molar-refractivity contribution in [2.45, 2.75) is 92.9 Å². The molecule has 4 amide bonds. The smallest absolute Gasteiger partial charge is 0.407 e. The number of rotatable bonds is 42. The fraction of sp³-hybridized carbons (Fsp3) is 0.833. The van der Waals surface area contributed by atoms with Crippen LogP contribution in [-0.4, -0.2) is 271 Å². The molecule has 29 heteroatoms. The summed E-state index contributed by atoms with van der Waals surface area (Å²) >= 11 is 0. The summed E-state index contributed by atoms with van der Waals surface area (Å²) in [6.07, 6.45) is 6.09. The van der Waals surface area contributed by atoms with Crippen molar-refractivity contribution in [1.29, 1.82) is 0 Å². The third kappa shape index (κ3) is 69.7. The van der Waals surface area contributed by atoms with Gasteiger partial charge in [-0.3, -0.25) is 24.0 Å². The maximum absolute atomic E-state index is 11.8. The number of halogens is 2. The number of hydrogen-bond acceptors (Lipinski definition) is 19. The van der Waals surface area contributed by atoms with Gasteiger partial charge in [-0.1, -0.05) is 7.43 Å². The number of carboxylic acids is 1. The quantitative estimate of drug-likeness (QED) is 0.0101. The number of aliphatic hydroxyl groups excluding tert-OH is 2. The molecule has 0 fully saturated rings. The van der Waals surface area contributed by atoms with Gasteiger partial charge in [0.15, 0.2) is 0 Å². The van der Waals surface area contributed by atoms with Gasteiger partial charge in [-0.15, -0.1) is 0 Å². The van der Waals surface area contributed by atoms with E-state index in [1.54, 1.807) is 28.1 Å². The molecule has 0 aromatic carbocycles. The number of hydrogen-bond donors (Lipinski definition) is 7. The van der Waals surface area contributed by atoms with Crippen molar-refractivity contribution < 1.29 is 134 Å². The number of ether oxygens (including phenoxy) is 6. The zero-order valence-corrected chi connectivity index (χ0v) is 54.4. The van der Waals surface area contributed by atoms with Crippen LogP contribution >= 0.6 is 0 Å². The van der Waals surface area contributed by atoms with Gasteiger partial charge < -0.3 is 112 Å². The molecule has 0 radical (unpaired) electrons. The molecular weight excluding hydrogens is 1220 g/mol. The van der Waals surface area contributed by atoms with E-state index in [-0.39, 0.29) is 122 Å². The molecule has 27 nitrogen and oxygen atoms in total. The minimum absolute atomic E-state index is 0. The number of alkyl carbamates (subject to hydrolysis) is 2. The maximum Gasteiger partial charge on any atom is 0.407 e. The highest BCUT2D eigenvalue weighted by molar-refractivity contribution is 5.73. The summed E-state index contributed by atoms with van der Waals surface area (Å²) < 4.78 is 32.1. The van der Waals surface area contributed by atoms with E-state index < -0.39 is 18.2 Å². The second kappa shape index (κ2) is 60.5. The Balaban J connectivity index is -0.000000193. The molecular formula is C54H108Br2N9O18+. The van der Waals surface area contributed by atoms with E-state index in [1.165, 1.54) is 26.0 Å². The van der Waals surface area contributed by atoms with E-state index in [0.29, 0.717) is 137 Å². The standard InChI is InChI=1S/C19H37N3O6.C17H33N3O6.C9H18O4.C8H14N3O2.CH4.2BrH/c1-6-27-18(24)15-17(7-13-26-5)8-14-28-19(25)21-10-12-22(3,4)11-9-20-16(2)23;1-14(21)18-7-9-20(2,3)10-8-19-17(24)26-12-6-15(5-11-25-4)13-16(22)23;1-2-13-9(12)7-8(3-5-10)4-6-11;1-11(2,5-3-9-7-12)6-4-10-8-13;;;/h17H,6-15H2,1-5H3,(H-,20,21,23,25);15H,5-13H2,1-4H3,(H2-,18,19,21,22,23,24);8,10-11H,2-7H2,1H3;3-6H2,1-2H3;1H4;2*1H/q;;;+1;;;. The Kier molecular flexibility index (Phi) is 67.1. The molecule has 0 rings (SSSR count). The van der Waals surface area contributed by atoms with Crippen LogP contribution in [0.4, 0.5) is 9.59 Å². The molecule has 0 saturated carbocycles. The first kappa shape index (κ1) is 92.1. The lowest BCUT2D eigenvalue weighted by Crippen LogP contribution is -3.00. The highest BCUT2D eigenvalue weighted by atomic mass is 79.9. The van der Waals surface area contributed by atoms with Crippen molar-refractivity contribution in [3.63, 3.8) is 0 Å². The van der Waals surface area contributed by atoms with Crippen LogP contribution in [0.15, 0.2) is 9.98 Å². The Morgan fingerprint density at radius 3 is 1.07 bits per heavy atom. The van der Waals surface area contributed by atoms with Gasteiger partial charge in [-0.25, -0.2) is 19.2 Å². The van der Waals surface area contributed by atoms with Crippen LogP contribution in [-0.2, 0) is 62.0 Å². The summed E-state index contributed by atoms with van der Waals surface area (Å²) in [4.78, 5) is 105. The number of nitrogens with one attached hydrogen (secondary N) is 4. The summed E-state index contributed by atoms with van der Waals surface area (Å²) in [6, 6.07) is 0. The van der Waals surface area contributed by atoms with E-state index in [2.05, 4.69) is 31.3 Å². The van der Waals surface area contributed by atoms with Gasteiger partial charge in [0, 0.05) is 73.8 Å². The Labute approximate surface area is 516 Å². The van der Waals surface area contributed by atoms with Crippen LogP contribution < -0.4 is 55.2 Å². The first-order valence-corrected chi connectivity index (χ1v) is 27.3. The average Bonchev–Trinajstić information content (AvgIpc) is 3.35. The van der Waals surface area contributed by atoms with Crippen LogP contribution in [0.3, 0.4) is 0 Å². The lowest BCUT2D eigenvalue weighted by molar-refractivity contribution is -0.887. The normalized spacial score (nSPS) is 11.2. The van der Waals surface area contributed by atoms with Crippen LogP contribution in [0.2, 0.25) is 0 Å². The third-order valence-electron chi connectivity index (χ3n) is 12.0. The number of methoxy groups -OCH3 is 2. The fourth-order valence-corrected chi connectivity index (χ4v) is 6.93. The molecule has 2 unspecified atom stereocenters. The van der Waals surface area contributed by atoms with Gasteiger partial charge in [0.2, 0.25) is 24.0 Å². The topological polar surface area (TPSA) is 343 Å². The van der Waals surface area contributed by atoms with Crippen molar-refractivity contribution >= 4 is 54.1 Å². The minimum atomic E-state index is -0.866. The lowest BCUT2D eigenvalue weighted by atomic mass is 9.98. The number of isocyanates is 2. The number of amides is 4. The maximum atomic E-state index is 11.8. The number of aliphatic hydroxyl groups is 2. The van der Waals surface area contributed by atoms with Gasteiger partial charge in [0.1, 0.15) is 13.1 Å². The van der Waals surface area contributed by atoms with E-state index in [4.69, 9.17) is 43.7 Å². The third-order valence-corrected chi connectivity index (χ3v) is 12.0. The summed E-state index contributed by atoms with van der Waals surface area (Å²) in [5.41, 5.74) is 0.